The van der Waals surface area contributed by atoms with Gasteiger partial charge in [-0.25, -0.2) is 4.39 Å². The molecule has 0 aliphatic heterocycles. The summed E-state index contributed by atoms with van der Waals surface area (Å²) in [6.45, 7) is 15.0. The fourth-order valence-corrected chi connectivity index (χ4v) is 4.69. The molecule has 0 saturated heterocycles. The van der Waals surface area contributed by atoms with E-state index in [-0.39, 0.29) is 17.2 Å². The lowest BCUT2D eigenvalue weighted by molar-refractivity contribution is -0.142. The predicted molar refractivity (Wildman–Crippen MR) is 159 cm³/mol. The van der Waals surface area contributed by atoms with Crippen LogP contribution in [-0.4, -0.2) is 50.6 Å². The maximum Gasteiger partial charge on any atom is 0.240 e. The molecule has 2 amide bonds. The molecule has 216 valence electrons. The number of methoxy groups -OCH3 is 1. The first-order valence-electron chi connectivity index (χ1n) is 13.5. The van der Waals surface area contributed by atoms with E-state index in [1.807, 2.05) is 6.92 Å². The molecular formula is C32H42FN3O4. The van der Waals surface area contributed by atoms with Crippen molar-refractivity contribution in [2.24, 2.45) is 10.8 Å². The maximum absolute atomic E-state index is 15.3. The Morgan fingerprint density at radius 1 is 1.07 bits per heavy atom. The number of nitrogens with one attached hydrogen (secondary N) is 2. The van der Waals surface area contributed by atoms with E-state index in [0.717, 1.165) is 11.3 Å². The van der Waals surface area contributed by atoms with Gasteiger partial charge in [0.15, 0.2) is 0 Å². The van der Waals surface area contributed by atoms with E-state index in [9.17, 15) is 9.59 Å². The number of hydrogen-bond acceptors (Lipinski definition) is 5. The highest BCUT2D eigenvalue weighted by Gasteiger charge is 2.57. The molecule has 0 unspecified atom stereocenters. The molecule has 1 aliphatic rings. The molecule has 0 radical (unpaired) electrons. The number of benzene rings is 2. The van der Waals surface area contributed by atoms with Gasteiger partial charge < -0.3 is 25.0 Å². The first-order valence-corrected chi connectivity index (χ1v) is 13.5. The maximum atomic E-state index is 15.3. The molecule has 0 bridgehead atoms. The molecule has 1 fully saturated rings. The van der Waals surface area contributed by atoms with Crippen LogP contribution in [0.4, 0.5) is 15.8 Å². The minimum atomic E-state index is -0.992. The molecule has 2 aromatic rings. The number of hydrogen-bond donors (Lipinski definition) is 2. The second-order valence-corrected chi connectivity index (χ2v) is 11.6. The van der Waals surface area contributed by atoms with Crippen LogP contribution >= 0.6 is 0 Å². The molecule has 0 atom stereocenters. The largest absolute Gasteiger partial charge is 0.491 e. The molecule has 2 N–H and O–H groups in total. The van der Waals surface area contributed by atoms with Crippen molar-refractivity contribution < 1.29 is 23.5 Å². The first kappa shape index (κ1) is 30.9. The second-order valence-electron chi connectivity index (χ2n) is 11.6. The predicted octanol–water partition coefficient (Wildman–Crippen LogP) is 4.67. The quantitative estimate of drug-likeness (QED) is 0.314. The van der Waals surface area contributed by atoms with E-state index in [4.69, 9.17) is 9.47 Å². The molecule has 1 saturated carbocycles. The Labute approximate surface area is 236 Å². The minimum absolute atomic E-state index is 0.0546. The minimum Gasteiger partial charge on any atom is -0.491 e. The fourth-order valence-electron chi connectivity index (χ4n) is 4.69. The van der Waals surface area contributed by atoms with Gasteiger partial charge in [-0.15, -0.1) is 0 Å². The number of ether oxygens (including phenoxy) is 2. The fraction of sp³-hybridized carbons (Fsp3) is 0.438. The molecule has 0 spiro atoms. The Morgan fingerprint density at radius 2 is 1.68 bits per heavy atom. The molecule has 7 nitrogen and oxygen atoms in total. The van der Waals surface area contributed by atoms with Crippen LogP contribution in [0.3, 0.4) is 0 Å². The molecule has 0 aromatic heterocycles. The number of allylic oxidation sites excluding steroid dienone is 1. The summed E-state index contributed by atoms with van der Waals surface area (Å²) >= 11 is 0. The number of rotatable bonds is 11. The van der Waals surface area contributed by atoms with E-state index in [1.165, 1.54) is 6.07 Å². The number of nitrogens with zero attached hydrogens (tertiary/aromatic N) is 1. The van der Waals surface area contributed by atoms with Crippen molar-refractivity contribution in [3.63, 3.8) is 0 Å². The average molecular weight is 552 g/mol. The van der Waals surface area contributed by atoms with Crippen LogP contribution in [0, 0.1) is 16.6 Å². The van der Waals surface area contributed by atoms with Crippen molar-refractivity contribution >= 4 is 34.5 Å². The van der Waals surface area contributed by atoms with E-state index >= 15 is 4.39 Å². The van der Waals surface area contributed by atoms with Crippen LogP contribution in [0.25, 0.3) is 11.3 Å². The van der Waals surface area contributed by atoms with Gasteiger partial charge in [-0.1, -0.05) is 33.4 Å². The number of amides is 2. The Bertz CT molecular complexity index is 1370. The number of halogens is 1. The summed E-state index contributed by atoms with van der Waals surface area (Å²) < 4.78 is 26.0. The van der Waals surface area contributed by atoms with Crippen molar-refractivity contribution in [3.8, 4) is 5.75 Å². The summed E-state index contributed by atoms with van der Waals surface area (Å²) in [6, 6.07) is 10.3. The standard InChI is InChI=1S/C32H42FN3O4/c1-9-21(2)26-18-25(40-17-16-39-8)19-27(33)28(26)22(3)34-23-10-12-24(13-11-23)35-29(37)32(14-15-32)30(38)36(7)20-31(4,5)6/h9-13,18-19,34H,1,14-17,20H2,2-8H3,(H,35,37)/b26-21-,28-22-. The third-order valence-corrected chi connectivity index (χ3v) is 6.85. The summed E-state index contributed by atoms with van der Waals surface area (Å²) in [5, 5.41) is 7.26. The Hall–Kier alpha value is -3.65. The van der Waals surface area contributed by atoms with Crippen LogP contribution in [-0.2, 0) is 14.3 Å². The highest BCUT2D eigenvalue weighted by Crippen LogP contribution is 2.48. The zero-order valence-corrected chi connectivity index (χ0v) is 24.7. The first-order chi connectivity index (χ1) is 18.8. The normalized spacial score (nSPS) is 15.5. The summed E-state index contributed by atoms with van der Waals surface area (Å²) in [6.07, 6.45) is 2.77. The van der Waals surface area contributed by atoms with Gasteiger partial charge in [0.2, 0.25) is 11.8 Å². The van der Waals surface area contributed by atoms with Crippen molar-refractivity contribution in [2.75, 3.05) is 44.5 Å². The molecule has 1 aliphatic carbocycles. The molecule has 0 heterocycles. The van der Waals surface area contributed by atoms with Crippen LogP contribution in [0.15, 0.2) is 49.1 Å². The van der Waals surface area contributed by atoms with Crippen molar-refractivity contribution in [2.45, 2.75) is 47.5 Å². The highest BCUT2D eigenvalue weighted by molar-refractivity contribution is 6.13. The average Bonchev–Trinajstić information content (AvgIpc) is 3.70. The molecule has 2 aromatic carbocycles. The van der Waals surface area contributed by atoms with Crippen molar-refractivity contribution in [1.82, 2.24) is 4.90 Å². The molecule has 8 heteroatoms. The summed E-state index contributed by atoms with van der Waals surface area (Å²) in [7, 11) is 3.34. The summed E-state index contributed by atoms with van der Waals surface area (Å²) in [5.74, 6) is -0.422. The SMILES string of the molecule is C=C/C(C)=c1/cc(OCCOC)cc(F)/c1=C(/C)Nc1ccc(NC(=O)C2(C(=O)N(C)CC(C)(C)C)CC2)cc1. The smallest absolute Gasteiger partial charge is 0.240 e. The lowest BCUT2D eigenvalue weighted by atomic mass is 9.95. The second kappa shape index (κ2) is 12.7. The monoisotopic (exact) mass is 551 g/mol. The number of anilines is 2. The van der Waals surface area contributed by atoms with Gasteiger partial charge in [-0.3, -0.25) is 9.59 Å². The third kappa shape index (κ3) is 7.50. The van der Waals surface area contributed by atoms with Gasteiger partial charge in [0.05, 0.1) is 6.61 Å². The van der Waals surface area contributed by atoms with E-state index in [2.05, 4.69) is 38.0 Å². The summed E-state index contributed by atoms with van der Waals surface area (Å²) in [4.78, 5) is 27.8. The van der Waals surface area contributed by atoms with Crippen LogP contribution < -0.4 is 25.8 Å². The van der Waals surface area contributed by atoms with E-state index in [0.29, 0.717) is 60.2 Å². The molecule has 3 rings (SSSR count). The van der Waals surface area contributed by atoms with Crippen LogP contribution in [0.2, 0.25) is 0 Å². The van der Waals surface area contributed by atoms with Gasteiger partial charge in [0.25, 0.3) is 0 Å². The summed E-state index contributed by atoms with van der Waals surface area (Å²) in [5.41, 5.74) is 1.68. The molecule has 40 heavy (non-hydrogen) atoms. The Balaban J connectivity index is 1.78. The number of carbonyl (C=O) groups excluding carboxylic acids is 2. The number of carbonyl (C=O) groups is 2. The zero-order chi connectivity index (χ0) is 29.7. The van der Waals surface area contributed by atoms with Crippen molar-refractivity contribution in [3.05, 3.63) is 65.3 Å². The Kier molecular flexibility index (Phi) is 9.79. The van der Waals surface area contributed by atoms with E-state index in [1.54, 1.807) is 62.4 Å². The third-order valence-electron chi connectivity index (χ3n) is 6.85. The van der Waals surface area contributed by atoms with Crippen molar-refractivity contribution in [1.29, 1.82) is 0 Å². The molecular weight excluding hydrogens is 509 g/mol. The van der Waals surface area contributed by atoms with Crippen LogP contribution in [0.5, 0.6) is 5.75 Å². The highest BCUT2D eigenvalue weighted by atomic mass is 19.1. The topological polar surface area (TPSA) is 79.9 Å². The van der Waals surface area contributed by atoms with Gasteiger partial charge in [0.1, 0.15) is 23.6 Å². The van der Waals surface area contributed by atoms with Crippen LogP contribution in [0.1, 0.15) is 47.5 Å². The lowest BCUT2D eigenvalue weighted by Crippen LogP contribution is -2.44. The van der Waals surface area contributed by atoms with Gasteiger partial charge >= 0.3 is 0 Å². The Morgan fingerprint density at radius 3 is 2.20 bits per heavy atom. The van der Waals surface area contributed by atoms with Gasteiger partial charge in [0, 0.05) is 49.1 Å². The van der Waals surface area contributed by atoms with Gasteiger partial charge in [-0.05, 0) is 73.2 Å². The van der Waals surface area contributed by atoms with E-state index < -0.39 is 11.2 Å². The zero-order valence-electron chi connectivity index (χ0n) is 24.7. The van der Waals surface area contributed by atoms with Gasteiger partial charge in [-0.2, -0.15) is 0 Å². The lowest BCUT2D eigenvalue weighted by Gasteiger charge is -2.29.